The lowest BCUT2D eigenvalue weighted by Gasteiger charge is -2.30. The van der Waals surface area contributed by atoms with Gasteiger partial charge in [0.2, 0.25) is 5.91 Å². The highest BCUT2D eigenvalue weighted by atomic mass is 32.2. The van der Waals surface area contributed by atoms with E-state index in [1.54, 1.807) is 16.7 Å². The molecule has 0 aromatic heterocycles. The molecule has 1 fully saturated rings. The minimum atomic E-state index is -0.730. The number of carbonyl (C=O) groups excluding carboxylic acids is 1. The smallest absolute Gasteiger partial charge is 0.306 e. The molecule has 1 rings (SSSR count). The van der Waals surface area contributed by atoms with Crippen LogP contribution in [0.25, 0.3) is 0 Å². The molecule has 0 unspecified atom stereocenters. The minimum absolute atomic E-state index is 0.152. The first kappa shape index (κ1) is 14.4. The van der Waals surface area contributed by atoms with Crippen molar-refractivity contribution < 1.29 is 14.7 Å². The molecule has 0 radical (unpaired) electrons. The molecule has 0 saturated carbocycles. The van der Waals surface area contributed by atoms with Gasteiger partial charge in [-0.25, -0.2) is 0 Å². The van der Waals surface area contributed by atoms with Crippen molar-refractivity contribution >= 4 is 23.6 Å². The van der Waals surface area contributed by atoms with Crippen LogP contribution in [0.1, 0.15) is 26.7 Å². The summed E-state index contributed by atoms with van der Waals surface area (Å²) in [6, 6.07) is 0. The number of likely N-dealkylation sites (tertiary alicyclic amines) is 1. The summed E-state index contributed by atoms with van der Waals surface area (Å²) in [4.78, 5) is 24.4. The molecular formula is C12H21NO3S. The van der Waals surface area contributed by atoms with E-state index in [0.29, 0.717) is 37.6 Å². The van der Waals surface area contributed by atoms with Crippen LogP contribution in [0.2, 0.25) is 0 Å². The van der Waals surface area contributed by atoms with Gasteiger partial charge >= 0.3 is 5.97 Å². The highest BCUT2D eigenvalue weighted by Crippen LogP contribution is 2.18. The lowest BCUT2D eigenvalue weighted by molar-refractivity contribution is -0.145. The highest BCUT2D eigenvalue weighted by Gasteiger charge is 2.26. The number of carbonyl (C=O) groups is 2. The second-order valence-corrected chi connectivity index (χ2v) is 5.93. The monoisotopic (exact) mass is 259 g/mol. The van der Waals surface area contributed by atoms with Crippen LogP contribution < -0.4 is 0 Å². The Kier molecular flexibility index (Phi) is 5.82. The SMILES string of the molecule is CC(C)CSCC(=O)N1CCC(C(=O)O)CC1. The molecule has 5 heteroatoms. The number of hydrogen-bond donors (Lipinski definition) is 1. The summed E-state index contributed by atoms with van der Waals surface area (Å²) >= 11 is 1.66. The number of amides is 1. The van der Waals surface area contributed by atoms with Crippen molar-refractivity contribution in [2.75, 3.05) is 24.6 Å². The summed E-state index contributed by atoms with van der Waals surface area (Å²) in [5, 5.41) is 8.86. The zero-order valence-electron chi connectivity index (χ0n) is 10.5. The fourth-order valence-corrected chi connectivity index (χ4v) is 2.80. The zero-order chi connectivity index (χ0) is 12.8. The first-order chi connectivity index (χ1) is 8.00. The predicted molar refractivity (Wildman–Crippen MR) is 69.1 cm³/mol. The van der Waals surface area contributed by atoms with Gasteiger partial charge in [0.05, 0.1) is 11.7 Å². The molecule has 4 nitrogen and oxygen atoms in total. The standard InChI is InChI=1S/C12H21NO3S/c1-9(2)7-17-8-11(14)13-5-3-10(4-6-13)12(15)16/h9-10H,3-8H2,1-2H3,(H,15,16). The molecule has 98 valence electrons. The van der Waals surface area contributed by atoms with Gasteiger partial charge in [-0.1, -0.05) is 13.8 Å². The Morgan fingerprint density at radius 3 is 2.41 bits per heavy atom. The molecule has 1 heterocycles. The number of carboxylic acid groups (broad SMARTS) is 1. The first-order valence-electron chi connectivity index (χ1n) is 6.09. The van der Waals surface area contributed by atoms with Crippen molar-refractivity contribution in [2.24, 2.45) is 11.8 Å². The number of piperidine rings is 1. The van der Waals surface area contributed by atoms with Crippen molar-refractivity contribution in [3.8, 4) is 0 Å². The largest absolute Gasteiger partial charge is 0.481 e. The van der Waals surface area contributed by atoms with E-state index < -0.39 is 5.97 Å². The number of nitrogens with zero attached hydrogens (tertiary/aromatic N) is 1. The van der Waals surface area contributed by atoms with E-state index in [1.807, 2.05) is 0 Å². The number of rotatable bonds is 5. The Labute approximate surface area is 107 Å². The molecule has 1 N–H and O–H groups in total. The number of thioether (sulfide) groups is 1. The van der Waals surface area contributed by atoms with Crippen LogP contribution in [0.4, 0.5) is 0 Å². The predicted octanol–water partition coefficient (Wildman–Crippen LogP) is 1.70. The van der Waals surface area contributed by atoms with E-state index in [1.165, 1.54) is 0 Å². The van der Waals surface area contributed by atoms with Crippen molar-refractivity contribution in [2.45, 2.75) is 26.7 Å². The number of aliphatic carboxylic acids is 1. The number of carboxylic acids is 1. The molecule has 0 bridgehead atoms. The number of hydrogen-bond acceptors (Lipinski definition) is 3. The van der Waals surface area contributed by atoms with Crippen LogP contribution in [0.15, 0.2) is 0 Å². The van der Waals surface area contributed by atoms with Gasteiger partial charge in [-0.3, -0.25) is 9.59 Å². The third-order valence-electron chi connectivity index (χ3n) is 2.87. The molecule has 17 heavy (non-hydrogen) atoms. The third-order valence-corrected chi connectivity index (χ3v) is 4.23. The average Bonchev–Trinajstić information content (AvgIpc) is 2.28. The van der Waals surface area contributed by atoms with Gasteiger partial charge in [0.15, 0.2) is 0 Å². The molecule has 0 aromatic carbocycles. The third kappa shape index (κ3) is 4.98. The quantitative estimate of drug-likeness (QED) is 0.816. The minimum Gasteiger partial charge on any atom is -0.481 e. The molecule has 0 spiro atoms. The topological polar surface area (TPSA) is 57.6 Å². The van der Waals surface area contributed by atoms with Crippen LogP contribution in [-0.2, 0) is 9.59 Å². The molecule has 1 aliphatic heterocycles. The van der Waals surface area contributed by atoms with Crippen LogP contribution in [-0.4, -0.2) is 46.5 Å². The second kappa shape index (κ2) is 6.89. The summed E-state index contributed by atoms with van der Waals surface area (Å²) in [5.41, 5.74) is 0. The van der Waals surface area contributed by atoms with Gasteiger partial charge in [-0.2, -0.15) is 11.8 Å². The maximum Gasteiger partial charge on any atom is 0.306 e. The second-order valence-electron chi connectivity index (χ2n) is 4.90. The molecule has 1 aliphatic rings. The van der Waals surface area contributed by atoms with Gasteiger partial charge in [-0.15, -0.1) is 0 Å². The molecule has 0 atom stereocenters. The van der Waals surface area contributed by atoms with Crippen LogP contribution in [0.5, 0.6) is 0 Å². The van der Waals surface area contributed by atoms with Crippen LogP contribution in [0.3, 0.4) is 0 Å². The van der Waals surface area contributed by atoms with Crippen molar-refractivity contribution in [3.63, 3.8) is 0 Å². The lowest BCUT2D eigenvalue weighted by Crippen LogP contribution is -2.41. The molecule has 0 aliphatic carbocycles. The maximum absolute atomic E-state index is 11.8. The molecular weight excluding hydrogens is 238 g/mol. The van der Waals surface area contributed by atoms with Crippen LogP contribution in [0, 0.1) is 11.8 Å². The van der Waals surface area contributed by atoms with Gasteiger partial charge in [0.1, 0.15) is 0 Å². The summed E-state index contributed by atoms with van der Waals surface area (Å²) in [7, 11) is 0. The van der Waals surface area contributed by atoms with Crippen molar-refractivity contribution in [1.29, 1.82) is 0 Å². The first-order valence-corrected chi connectivity index (χ1v) is 7.24. The van der Waals surface area contributed by atoms with E-state index >= 15 is 0 Å². The van der Waals surface area contributed by atoms with Gasteiger partial charge in [-0.05, 0) is 24.5 Å². The van der Waals surface area contributed by atoms with E-state index in [-0.39, 0.29) is 11.8 Å². The van der Waals surface area contributed by atoms with Crippen molar-refractivity contribution in [3.05, 3.63) is 0 Å². The Bertz CT molecular complexity index is 273. The fourth-order valence-electron chi connectivity index (χ4n) is 1.85. The Hall–Kier alpha value is -0.710. The summed E-state index contributed by atoms with van der Waals surface area (Å²) in [6.07, 6.45) is 1.19. The Morgan fingerprint density at radius 1 is 1.35 bits per heavy atom. The summed E-state index contributed by atoms with van der Waals surface area (Å²) < 4.78 is 0. The molecule has 1 saturated heterocycles. The Morgan fingerprint density at radius 2 is 1.94 bits per heavy atom. The fraction of sp³-hybridized carbons (Fsp3) is 0.833. The van der Waals surface area contributed by atoms with Crippen molar-refractivity contribution in [1.82, 2.24) is 4.90 Å². The van der Waals surface area contributed by atoms with Gasteiger partial charge in [0, 0.05) is 13.1 Å². The van der Waals surface area contributed by atoms with E-state index in [4.69, 9.17) is 5.11 Å². The summed E-state index contributed by atoms with van der Waals surface area (Å²) in [5.74, 6) is 1.28. The molecule has 1 amide bonds. The van der Waals surface area contributed by atoms with Gasteiger partial charge in [0.25, 0.3) is 0 Å². The lowest BCUT2D eigenvalue weighted by atomic mass is 9.97. The molecule has 0 aromatic rings. The Balaban J connectivity index is 2.24. The van der Waals surface area contributed by atoms with E-state index in [2.05, 4.69) is 13.8 Å². The summed E-state index contributed by atoms with van der Waals surface area (Å²) in [6.45, 7) is 5.46. The normalized spacial score (nSPS) is 17.5. The average molecular weight is 259 g/mol. The highest BCUT2D eigenvalue weighted by molar-refractivity contribution is 7.99. The van der Waals surface area contributed by atoms with Gasteiger partial charge < -0.3 is 10.0 Å². The zero-order valence-corrected chi connectivity index (χ0v) is 11.3. The van der Waals surface area contributed by atoms with E-state index in [0.717, 1.165) is 5.75 Å². The maximum atomic E-state index is 11.8. The van der Waals surface area contributed by atoms with E-state index in [9.17, 15) is 9.59 Å². The van der Waals surface area contributed by atoms with Crippen LogP contribution >= 0.6 is 11.8 Å².